The van der Waals surface area contributed by atoms with E-state index >= 15 is 0 Å². The Hall–Kier alpha value is -3.80. The number of carbonyl (C=O) groups is 2. The molecule has 0 bridgehead atoms. The molecule has 1 amide bonds. The van der Waals surface area contributed by atoms with Crippen LogP contribution in [-0.4, -0.2) is 29.9 Å². The van der Waals surface area contributed by atoms with Gasteiger partial charge in [-0.2, -0.15) is 0 Å². The minimum atomic E-state index is -0.845. The maximum atomic E-state index is 13.2. The Morgan fingerprint density at radius 3 is 2.21 bits per heavy atom. The lowest BCUT2D eigenvalue weighted by molar-refractivity contribution is -0.132. The number of furan rings is 1. The number of amides is 1. The van der Waals surface area contributed by atoms with Gasteiger partial charge < -0.3 is 14.4 Å². The molecule has 3 aromatic rings. The summed E-state index contributed by atoms with van der Waals surface area (Å²) in [5.74, 6) is -0.469. The van der Waals surface area contributed by atoms with Crippen LogP contribution in [-0.2, 0) is 9.59 Å². The topological polar surface area (TPSA) is 74.0 Å². The van der Waals surface area contributed by atoms with Crippen LogP contribution in [0, 0.1) is 5.92 Å². The molecule has 168 valence electrons. The average Bonchev–Trinajstić information content (AvgIpc) is 3.47. The Bertz CT molecular complexity index is 1170. The van der Waals surface area contributed by atoms with Gasteiger partial charge in [0.05, 0.1) is 11.8 Å². The SMILES string of the molecule is CC1CCN(c2ccc(N3C(=O)C(=O)/C(=C(\O)c4ccccc4)C3c3ccco3)cc2)CC1. The molecule has 2 aliphatic rings. The van der Waals surface area contributed by atoms with E-state index in [4.69, 9.17) is 4.42 Å². The number of anilines is 2. The van der Waals surface area contributed by atoms with E-state index in [9.17, 15) is 14.7 Å². The summed E-state index contributed by atoms with van der Waals surface area (Å²) < 4.78 is 5.61. The molecular weight excluding hydrogens is 416 g/mol. The van der Waals surface area contributed by atoms with Crippen molar-refractivity contribution in [3.05, 3.63) is 89.9 Å². The van der Waals surface area contributed by atoms with Gasteiger partial charge >= 0.3 is 0 Å². The van der Waals surface area contributed by atoms with Gasteiger partial charge in [-0.15, -0.1) is 0 Å². The third-order valence-electron chi connectivity index (χ3n) is 6.58. The fourth-order valence-electron chi connectivity index (χ4n) is 4.66. The largest absolute Gasteiger partial charge is 0.507 e. The fraction of sp³-hybridized carbons (Fsp3) is 0.259. The fourth-order valence-corrected chi connectivity index (χ4v) is 4.66. The molecule has 3 heterocycles. The van der Waals surface area contributed by atoms with Gasteiger partial charge in [0, 0.05) is 30.0 Å². The van der Waals surface area contributed by atoms with E-state index in [0.29, 0.717) is 17.0 Å². The van der Waals surface area contributed by atoms with Crippen LogP contribution in [0.1, 0.15) is 37.1 Å². The van der Waals surface area contributed by atoms with Gasteiger partial charge in [0.2, 0.25) is 0 Å². The van der Waals surface area contributed by atoms with Crippen molar-refractivity contribution in [2.24, 2.45) is 5.92 Å². The summed E-state index contributed by atoms with van der Waals surface area (Å²) in [6.45, 7) is 4.30. The molecule has 1 N–H and O–H groups in total. The van der Waals surface area contributed by atoms with Crippen molar-refractivity contribution in [2.75, 3.05) is 22.9 Å². The molecule has 0 aliphatic carbocycles. The Kier molecular flexibility index (Phi) is 5.50. The van der Waals surface area contributed by atoms with Crippen molar-refractivity contribution in [3.63, 3.8) is 0 Å². The highest BCUT2D eigenvalue weighted by Crippen LogP contribution is 2.42. The molecule has 2 aliphatic heterocycles. The van der Waals surface area contributed by atoms with Crippen molar-refractivity contribution in [2.45, 2.75) is 25.8 Å². The smallest absolute Gasteiger partial charge is 0.300 e. The molecule has 1 aromatic heterocycles. The van der Waals surface area contributed by atoms with Crippen LogP contribution in [0.4, 0.5) is 11.4 Å². The van der Waals surface area contributed by atoms with Gasteiger partial charge in [0.15, 0.2) is 0 Å². The highest BCUT2D eigenvalue weighted by atomic mass is 16.3. The van der Waals surface area contributed by atoms with E-state index in [0.717, 1.165) is 37.5 Å². The second-order valence-corrected chi connectivity index (χ2v) is 8.74. The number of piperidine rings is 1. The van der Waals surface area contributed by atoms with Crippen molar-refractivity contribution in [1.82, 2.24) is 0 Å². The van der Waals surface area contributed by atoms with Crippen LogP contribution in [0.5, 0.6) is 0 Å². The lowest BCUT2D eigenvalue weighted by Gasteiger charge is -2.32. The van der Waals surface area contributed by atoms with Crippen molar-refractivity contribution in [3.8, 4) is 0 Å². The number of benzene rings is 2. The van der Waals surface area contributed by atoms with E-state index in [2.05, 4.69) is 11.8 Å². The zero-order chi connectivity index (χ0) is 22.9. The first kappa shape index (κ1) is 21.1. The van der Waals surface area contributed by atoms with E-state index in [1.54, 1.807) is 36.4 Å². The van der Waals surface area contributed by atoms with Crippen LogP contribution in [0.3, 0.4) is 0 Å². The lowest BCUT2D eigenvalue weighted by Crippen LogP contribution is -2.33. The number of rotatable bonds is 4. The lowest BCUT2D eigenvalue weighted by atomic mass is 9.98. The predicted molar refractivity (Wildman–Crippen MR) is 127 cm³/mol. The van der Waals surface area contributed by atoms with Gasteiger partial charge in [0.1, 0.15) is 17.6 Å². The van der Waals surface area contributed by atoms with Gasteiger partial charge in [-0.3, -0.25) is 14.5 Å². The predicted octanol–water partition coefficient (Wildman–Crippen LogP) is 5.14. The number of carbonyl (C=O) groups excluding carboxylic acids is 2. The van der Waals surface area contributed by atoms with E-state index in [-0.39, 0.29) is 11.3 Å². The molecule has 6 heteroatoms. The third kappa shape index (κ3) is 3.82. The first-order chi connectivity index (χ1) is 16.0. The number of Topliss-reactive ketones (excluding diaryl/α,β-unsaturated/α-hetero) is 1. The second kappa shape index (κ2) is 8.62. The molecule has 2 aromatic carbocycles. The number of nitrogens with zero attached hydrogens (tertiary/aromatic N) is 2. The van der Waals surface area contributed by atoms with Crippen LogP contribution < -0.4 is 9.80 Å². The highest BCUT2D eigenvalue weighted by molar-refractivity contribution is 6.51. The van der Waals surface area contributed by atoms with Crippen molar-refractivity contribution in [1.29, 1.82) is 0 Å². The molecule has 0 radical (unpaired) electrons. The second-order valence-electron chi connectivity index (χ2n) is 8.74. The molecule has 5 rings (SSSR count). The zero-order valence-electron chi connectivity index (χ0n) is 18.5. The van der Waals surface area contributed by atoms with Gasteiger partial charge in [-0.05, 0) is 55.2 Å². The van der Waals surface area contributed by atoms with E-state index < -0.39 is 17.7 Å². The molecule has 0 saturated carbocycles. The maximum absolute atomic E-state index is 13.2. The Labute approximate surface area is 192 Å². The van der Waals surface area contributed by atoms with Crippen LogP contribution >= 0.6 is 0 Å². The molecule has 1 atom stereocenters. The minimum Gasteiger partial charge on any atom is -0.507 e. The normalized spacial score (nSPS) is 21.1. The summed E-state index contributed by atoms with van der Waals surface area (Å²) in [4.78, 5) is 30.0. The monoisotopic (exact) mass is 442 g/mol. The highest BCUT2D eigenvalue weighted by Gasteiger charge is 2.48. The third-order valence-corrected chi connectivity index (χ3v) is 6.58. The molecule has 1 unspecified atom stereocenters. The summed E-state index contributed by atoms with van der Waals surface area (Å²) in [5, 5.41) is 11.0. The number of ketones is 1. The van der Waals surface area contributed by atoms with Crippen molar-refractivity contribution >= 4 is 28.8 Å². The first-order valence-corrected chi connectivity index (χ1v) is 11.3. The standard InChI is InChI=1S/C27H26N2O4/c1-18-13-15-28(16-14-18)20-9-11-21(12-10-20)29-24(22-8-5-17-33-22)23(26(31)27(29)32)25(30)19-6-3-2-4-7-19/h2-12,17-18,24,30H,13-16H2,1H3/b25-23-. The van der Waals surface area contributed by atoms with Crippen LogP contribution in [0.15, 0.2) is 83.0 Å². The Morgan fingerprint density at radius 2 is 1.58 bits per heavy atom. The molecule has 2 fully saturated rings. The summed E-state index contributed by atoms with van der Waals surface area (Å²) >= 11 is 0. The number of aliphatic hydroxyl groups excluding tert-OH is 1. The quantitative estimate of drug-likeness (QED) is 0.344. The Morgan fingerprint density at radius 1 is 0.909 bits per heavy atom. The number of hydrogen-bond acceptors (Lipinski definition) is 5. The van der Waals surface area contributed by atoms with Gasteiger partial charge in [0.25, 0.3) is 11.7 Å². The van der Waals surface area contributed by atoms with E-state index in [1.807, 2.05) is 30.3 Å². The number of hydrogen-bond donors (Lipinski definition) is 1. The van der Waals surface area contributed by atoms with Crippen LogP contribution in [0.25, 0.3) is 5.76 Å². The summed E-state index contributed by atoms with van der Waals surface area (Å²) in [7, 11) is 0. The van der Waals surface area contributed by atoms with Gasteiger partial charge in [-0.25, -0.2) is 0 Å². The van der Waals surface area contributed by atoms with Gasteiger partial charge in [-0.1, -0.05) is 37.3 Å². The molecule has 0 spiro atoms. The maximum Gasteiger partial charge on any atom is 0.300 e. The summed E-state index contributed by atoms with van der Waals surface area (Å²) in [6, 6.07) is 19.0. The molecule has 2 saturated heterocycles. The molecule has 6 nitrogen and oxygen atoms in total. The molecule has 33 heavy (non-hydrogen) atoms. The minimum absolute atomic E-state index is 0.0234. The van der Waals surface area contributed by atoms with Crippen molar-refractivity contribution < 1.29 is 19.1 Å². The average molecular weight is 443 g/mol. The Balaban J connectivity index is 1.54. The summed E-state index contributed by atoms with van der Waals surface area (Å²) in [5.41, 5.74) is 2.18. The van der Waals surface area contributed by atoms with Crippen LogP contribution in [0.2, 0.25) is 0 Å². The first-order valence-electron chi connectivity index (χ1n) is 11.3. The summed E-state index contributed by atoms with van der Waals surface area (Å²) in [6.07, 6.45) is 3.82. The molecular formula is C27H26N2O4. The zero-order valence-corrected chi connectivity index (χ0v) is 18.5. The number of aliphatic hydroxyl groups is 1. The van der Waals surface area contributed by atoms with E-state index in [1.165, 1.54) is 11.2 Å².